The van der Waals surface area contributed by atoms with Crippen LogP contribution < -0.4 is 5.73 Å². The summed E-state index contributed by atoms with van der Waals surface area (Å²) in [6, 6.07) is 0. The zero-order chi connectivity index (χ0) is 8.10. The van der Waals surface area contributed by atoms with Crippen molar-refractivity contribution < 1.29 is 14.3 Å². The number of esters is 1. The van der Waals surface area contributed by atoms with Crippen molar-refractivity contribution in [2.24, 2.45) is 5.73 Å². The van der Waals surface area contributed by atoms with Gasteiger partial charge in [-0.25, -0.2) is 0 Å². The highest BCUT2D eigenvalue weighted by Crippen LogP contribution is 2.04. The minimum Gasteiger partial charge on any atom is -0.493 e. The Balaban J connectivity index is 2.42. The van der Waals surface area contributed by atoms with Crippen LogP contribution in [0.1, 0.15) is 0 Å². The number of carbonyl (C=O) groups excluding carboxylic acids is 1. The third-order valence-corrected chi connectivity index (χ3v) is 1.09. The predicted molar refractivity (Wildman–Crippen MR) is 38.3 cm³/mol. The number of hydrogen-bond donors (Lipinski definition) is 1. The van der Waals surface area contributed by atoms with Gasteiger partial charge in [0.05, 0.1) is 12.8 Å². The van der Waals surface area contributed by atoms with Crippen LogP contribution in [0.3, 0.4) is 0 Å². The van der Waals surface area contributed by atoms with Crippen LogP contribution in [0.4, 0.5) is 0 Å². The lowest BCUT2D eigenvalue weighted by atomic mass is 10.4. The van der Waals surface area contributed by atoms with Crippen molar-refractivity contribution in [3.05, 3.63) is 24.2 Å². The Morgan fingerprint density at radius 2 is 2.64 bits per heavy atom. The topological polar surface area (TPSA) is 61.6 Å². The molecule has 4 nitrogen and oxygen atoms in total. The van der Waals surface area contributed by atoms with E-state index in [0.29, 0.717) is 12.4 Å². The lowest BCUT2D eigenvalue weighted by Crippen LogP contribution is -2.18. The predicted octanol–water partition coefficient (Wildman–Crippen LogP) is -0.0839. The van der Waals surface area contributed by atoms with Gasteiger partial charge < -0.3 is 15.2 Å². The zero-order valence-corrected chi connectivity index (χ0v) is 5.95. The van der Waals surface area contributed by atoms with Gasteiger partial charge in [0.2, 0.25) is 0 Å². The van der Waals surface area contributed by atoms with Crippen LogP contribution in [0.25, 0.3) is 0 Å². The summed E-state index contributed by atoms with van der Waals surface area (Å²) >= 11 is 0. The van der Waals surface area contributed by atoms with Crippen molar-refractivity contribution in [1.82, 2.24) is 0 Å². The van der Waals surface area contributed by atoms with Gasteiger partial charge in [0.25, 0.3) is 0 Å². The van der Waals surface area contributed by atoms with Gasteiger partial charge in [-0.15, -0.1) is 0 Å². The highest BCUT2D eigenvalue weighted by atomic mass is 16.6. The molecule has 0 amide bonds. The molecule has 0 saturated heterocycles. The highest BCUT2D eigenvalue weighted by Gasteiger charge is 2.05. The first-order valence-corrected chi connectivity index (χ1v) is 3.21. The first-order chi connectivity index (χ1) is 5.33. The maximum absolute atomic E-state index is 10.6. The van der Waals surface area contributed by atoms with Crippen molar-refractivity contribution in [3.8, 4) is 0 Å². The monoisotopic (exact) mass is 155 g/mol. The third-order valence-electron chi connectivity index (χ3n) is 1.09. The van der Waals surface area contributed by atoms with E-state index in [2.05, 4.69) is 0 Å². The molecule has 0 bridgehead atoms. The van der Waals surface area contributed by atoms with E-state index < -0.39 is 5.97 Å². The molecule has 0 spiro atoms. The van der Waals surface area contributed by atoms with E-state index in [1.54, 1.807) is 12.2 Å². The molecule has 0 aromatic heterocycles. The van der Waals surface area contributed by atoms with Gasteiger partial charge >= 0.3 is 5.97 Å². The van der Waals surface area contributed by atoms with Gasteiger partial charge in [-0.3, -0.25) is 4.79 Å². The maximum atomic E-state index is 10.6. The second-order valence-corrected chi connectivity index (χ2v) is 1.95. The maximum Gasteiger partial charge on any atom is 0.324 e. The van der Waals surface area contributed by atoms with E-state index in [4.69, 9.17) is 15.2 Å². The fraction of sp³-hybridized carbons (Fsp3) is 0.286. The molecule has 1 aliphatic rings. The molecule has 1 rings (SSSR count). The Labute approximate surface area is 64.3 Å². The molecule has 0 aliphatic carbocycles. The van der Waals surface area contributed by atoms with Crippen LogP contribution in [-0.4, -0.2) is 19.1 Å². The first kappa shape index (κ1) is 7.81. The summed E-state index contributed by atoms with van der Waals surface area (Å²) in [6.07, 6.45) is 4.85. The van der Waals surface area contributed by atoms with Crippen LogP contribution >= 0.6 is 0 Å². The van der Waals surface area contributed by atoms with Crippen LogP contribution in [0.5, 0.6) is 0 Å². The fourth-order valence-corrected chi connectivity index (χ4v) is 0.632. The molecule has 0 aromatic rings. The molecule has 0 radical (unpaired) electrons. The summed E-state index contributed by atoms with van der Waals surface area (Å²) < 4.78 is 9.62. The van der Waals surface area contributed by atoms with Gasteiger partial charge in [-0.05, 0) is 12.2 Å². The van der Waals surface area contributed by atoms with Crippen LogP contribution in [-0.2, 0) is 14.3 Å². The zero-order valence-electron chi connectivity index (χ0n) is 5.95. The summed E-state index contributed by atoms with van der Waals surface area (Å²) in [4.78, 5) is 10.6. The number of nitrogens with two attached hydrogens (primary N) is 1. The summed E-state index contributed by atoms with van der Waals surface area (Å²) in [5.74, 6) is 0.0399. The van der Waals surface area contributed by atoms with Gasteiger partial charge in [-0.1, -0.05) is 0 Å². The Morgan fingerprint density at radius 1 is 1.82 bits per heavy atom. The molecule has 0 aromatic carbocycles. The summed E-state index contributed by atoms with van der Waals surface area (Å²) in [7, 11) is 0. The van der Waals surface area contributed by atoms with Crippen molar-refractivity contribution in [1.29, 1.82) is 0 Å². The van der Waals surface area contributed by atoms with Crippen molar-refractivity contribution in [2.75, 3.05) is 13.2 Å². The van der Waals surface area contributed by atoms with E-state index in [1.165, 1.54) is 6.26 Å². The Morgan fingerprint density at radius 3 is 3.18 bits per heavy atom. The highest BCUT2D eigenvalue weighted by molar-refractivity contribution is 5.72. The lowest BCUT2D eigenvalue weighted by Gasteiger charge is -2.09. The van der Waals surface area contributed by atoms with Gasteiger partial charge in [0.15, 0.2) is 0 Å². The largest absolute Gasteiger partial charge is 0.493 e. The number of rotatable bonds is 2. The Hall–Kier alpha value is -1.29. The van der Waals surface area contributed by atoms with E-state index >= 15 is 0 Å². The van der Waals surface area contributed by atoms with Crippen LogP contribution in [0.2, 0.25) is 0 Å². The van der Waals surface area contributed by atoms with E-state index in [0.717, 1.165) is 0 Å². The molecule has 60 valence electrons. The second-order valence-electron chi connectivity index (χ2n) is 1.95. The molecule has 1 aliphatic heterocycles. The molecule has 4 heteroatoms. The van der Waals surface area contributed by atoms with Crippen molar-refractivity contribution >= 4 is 5.97 Å². The standard InChI is InChI=1S/C7H9NO3/c8-4-7(9)11-6-2-1-3-10-5-6/h1-3H,4-5,8H2. The van der Waals surface area contributed by atoms with Crippen molar-refractivity contribution in [2.45, 2.75) is 0 Å². The van der Waals surface area contributed by atoms with Crippen LogP contribution in [0.15, 0.2) is 24.2 Å². The molecule has 0 fully saturated rings. The average Bonchev–Trinajstić information content (AvgIpc) is 2.06. The van der Waals surface area contributed by atoms with Gasteiger partial charge in [-0.2, -0.15) is 0 Å². The molecule has 1 heterocycles. The number of hydrogen-bond acceptors (Lipinski definition) is 4. The molecule has 0 unspecified atom stereocenters. The van der Waals surface area contributed by atoms with E-state index in [1.807, 2.05) is 0 Å². The fourth-order valence-electron chi connectivity index (χ4n) is 0.632. The third kappa shape index (κ3) is 2.43. The summed E-state index contributed by atoms with van der Waals surface area (Å²) in [5, 5.41) is 0. The van der Waals surface area contributed by atoms with Gasteiger partial charge in [0.1, 0.15) is 12.4 Å². The van der Waals surface area contributed by atoms with E-state index in [9.17, 15) is 4.79 Å². The summed E-state index contributed by atoms with van der Waals surface area (Å²) in [6.45, 7) is 0.184. The number of allylic oxidation sites excluding steroid dienone is 2. The number of ether oxygens (including phenoxy) is 2. The van der Waals surface area contributed by atoms with Crippen molar-refractivity contribution in [3.63, 3.8) is 0 Å². The Bertz CT molecular complexity index is 208. The molecule has 0 atom stereocenters. The SMILES string of the molecule is NCC(=O)OC1=CC=COC1. The second kappa shape index (κ2) is 3.78. The lowest BCUT2D eigenvalue weighted by molar-refractivity contribution is -0.138. The normalized spacial score (nSPS) is 15.2. The quantitative estimate of drug-likeness (QED) is 0.566. The molecule has 0 saturated carbocycles. The molecule has 11 heavy (non-hydrogen) atoms. The smallest absolute Gasteiger partial charge is 0.324 e. The average molecular weight is 155 g/mol. The number of carbonyl (C=O) groups is 1. The summed E-state index contributed by atoms with van der Waals surface area (Å²) in [5.41, 5.74) is 5.03. The van der Waals surface area contributed by atoms with E-state index in [-0.39, 0.29) is 6.54 Å². The molecule has 2 N–H and O–H groups in total. The minimum atomic E-state index is -0.449. The first-order valence-electron chi connectivity index (χ1n) is 3.21. The van der Waals surface area contributed by atoms with Crippen LogP contribution in [0, 0.1) is 0 Å². The Kier molecular flexibility index (Phi) is 2.68. The van der Waals surface area contributed by atoms with Gasteiger partial charge in [0, 0.05) is 0 Å². The molecular formula is C7H9NO3. The minimum absolute atomic E-state index is 0.110. The molecular weight excluding hydrogens is 146 g/mol.